The average Bonchev–Trinajstić information content (AvgIpc) is 3.28. The van der Waals surface area contributed by atoms with Crippen LogP contribution in [0.3, 0.4) is 0 Å². The van der Waals surface area contributed by atoms with E-state index in [1.807, 2.05) is 6.07 Å². The lowest BCUT2D eigenvalue weighted by molar-refractivity contribution is 0.436. The molecule has 11 rings (SSSR count). The van der Waals surface area contributed by atoms with Gasteiger partial charge in [-0.3, -0.25) is 4.99 Å². The minimum absolute atomic E-state index is 0.187. The molecule has 1 N–H and O–H groups in total. The summed E-state index contributed by atoms with van der Waals surface area (Å²) >= 11 is 0. The van der Waals surface area contributed by atoms with Gasteiger partial charge >= 0.3 is 0 Å². The molecule has 0 bridgehead atoms. The zero-order valence-electron chi connectivity index (χ0n) is 30.6. The number of hydrogen-bond acceptors (Lipinski definition) is 3. The Labute approximate surface area is 325 Å². The molecule has 2 aliphatic rings. The molecule has 0 saturated carbocycles. The van der Waals surface area contributed by atoms with E-state index in [-0.39, 0.29) is 6.17 Å². The highest BCUT2D eigenvalue weighted by molar-refractivity contribution is 5.95. The molecule has 0 saturated heterocycles. The van der Waals surface area contributed by atoms with Gasteiger partial charge in [-0.15, -0.1) is 0 Å². The zero-order chi connectivity index (χ0) is 37.1. The molecule has 264 valence electrons. The summed E-state index contributed by atoms with van der Waals surface area (Å²) in [4.78, 5) is 5.11. The molecule has 3 nitrogen and oxygen atoms in total. The molecular weight excluding hydrogens is 681 g/mol. The fourth-order valence-corrected chi connectivity index (χ4v) is 9.12. The van der Waals surface area contributed by atoms with Crippen molar-refractivity contribution in [2.75, 3.05) is 0 Å². The van der Waals surface area contributed by atoms with Gasteiger partial charge in [0.1, 0.15) is 17.7 Å². The molecule has 0 amide bonds. The van der Waals surface area contributed by atoms with E-state index in [4.69, 9.17) is 9.73 Å². The van der Waals surface area contributed by atoms with Crippen molar-refractivity contribution in [2.24, 2.45) is 4.99 Å². The first-order chi connectivity index (χ1) is 27.8. The van der Waals surface area contributed by atoms with E-state index in [0.717, 1.165) is 61.2 Å². The van der Waals surface area contributed by atoms with E-state index in [0.29, 0.717) is 0 Å². The van der Waals surface area contributed by atoms with Crippen LogP contribution in [0.1, 0.15) is 39.5 Å². The van der Waals surface area contributed by atoms with Crippen LogP contribution in [0, 0.1) is 0 Å². The van der Waals surface area contributed by atoms with E-state index in [2.05, 4.69) is 206 Å². The third-order valence-electron chi connectivity index (χ3n) is 11.6. The van der Waals surface area contributed by atoms with Gasteiger partial charge in [0.15, 0.2) is 0 Å². The number of fused-ring (bicyclic) bond motifs is 5. The number of nitrogens with one attached hydrogen (secondary N) is 1. The van der Waals surface area contributed by atoms with Crippen LogP contribution in [-0.2, 0) is 5.41 Å². The summed E-state index contributed by atoms with van der Waals surface area (Å²) in [5, 5.41) is 10.7. The molecule has 2 aliphatic heterocycles. The average molecular weight is 717 g/mol. The Morgan fingerprint density at radius 1 is 0.429 bits per heavy atom. The number of nitrogens with zero attached hydrogens (tertiary/aromatic N) is 1. The number of para-hydroxylation sites is 2. The third kappa shape index (κ3) is 5.02. The summed E-state index contributed by atoms with van der Waals surface area (Å²) in [5.74, 6) is 1.72. The van der Waals surface area contributed by atoms with Crippen LogP contribution >= 0.6 is 0 Å². The topological polar surface area (TPSA) is 33.6 Å². The molecule has 0 fully saturated rings. The van der Waals surface area contributed by atoms with Crippen molar-refractivity contribution in [2.45, 2.75) is 11.6 Å². The highest BCUT2D eigenvalue weighted by Gasteiger charge is 2.47. The summed E-state index contributed by atoms with van der Waals surface area (Å²) in [6, 6.07) is 74.1. The molecule has 1 atom stereocenters. The van der Waals surface area contributed by atoms with Crippen LogP contribution in [0.5, 0.6) is 11.5 Å². The first-order valence-electron chi connectivity index (χ1n) is 19.2. The summed E-state index contributed by atoms with van der Waals surface area (Å²) in [7, 11) is 0. The maximum atomic E-state index is 6.88. The second-order valence-corrected chi connectivity index (χ2v) is 14.7. The Morgan fingerprint density at radius 2 is 1.00 bits per heavy atom. The minimum atomic E-state index is -0.706. The summed E-state index contributed by atoms with van der Waals surface area (Å²) in [5.41, 5.74) is 9.54. The maximum Gasteiger partial charge on any atom is 0.145 e. The standard InChI is InChI=1S/C53H36N2O/c1-2-17-37(18-3-1)52-54-48-29-10-8-25-43(48)51(55-52)40-22-12-21-38(33-40)39-31-32-50-47(34-39)53(46-26-9-11-30-49(46)56-50,44-27-13-19-35-15-4-6-23-41(35)44)45-28-14-20-36-16-5-7-24-42(36)45/h1-34,52,55H. The van der Waals surface area contributed by atoms with E-state index < -0.39 is 5.41 Å². The van der Waals surface area contributed by atoms with E-state index in [1.54, 1.807) is 0 Å². The van der Waals surface area contributed by atoms with Crippen molar-refractivity contribution >= 4 is 27.2 Å². The summed E-state index contributed by atoms with van der Waals surface area (Å²) in [6.45, 7) is 0. The fourth-order valence-electron chi connectivity index (χ4n) is 9.12. The van der Waals surface area contributed by atoms with Gasteiger partial charge in [0.2, 0.25) is 0 Å². The molecule has 0 aromatic heterocycles. The van der Waals surface area contributed by atoms with Gasteiger partial charge in [-0.25, -0.2) is 0 Å². The van der Waals surface area contributed by atoms with Gasteiger partial charge in [0, 0.05) is 16.3 Å². The van der Waals surface area contributed by atoms with Crippen LogP contribution in [-0.4, -0.2) is 0 Å². The second kappa shape index (κ2) is 13.0. The van der Waals surface area contributed by atoms with Crippen LogP contribution in [0.25, 0.3) is 38.4 Å². The Bertz CT molecular complexity index is 3020. The van der Waals surface area contributed by atoms with E-state index in [1.165, 1.54) is 32.7 Å². The molecule has 2 heterocycles. The lowest BCUT2D eigenvalue weighted by atomic mass is 9.61. The second-order valence-electron chi connectivity index (χ2n) is 14.7. The van der Waals surface area contributed by atoms with Crippen LogP contribution in [0.4, 0.5) is 0 Å². The Balaban J connectivity index is 1.16. The molecule has 0 aliphatic carbocycles. The fraction of sp³-hybridized carbons (Fsp3) is 0.0377. The first-order valence-corrected chi connectivity index (χ1v) is 19.2. The number of ether oxygens (including phenoxy) is 1. The molecule has 9 aromatic rings. The predicted octanol–water partition coefficient (Wildman–Crippen LogP) is 11.2. The van der Waals surface area contributed by atoms with Crippen molar-refractivity contribution in [1.29, 1.82) is 0 Å². The van der Waals surface area contributed by atoms with Crippen molar-refractivity contribution in [3.8, 4) is 22.6 Å². The number of hydrogen-bond donors (Lipinski definition) is 1. The van der Waals surface area contributed by atoms with Crippen molar-refractivity contribution in [3.05, 3.63) is 250 Å². The molecule has 0 radical (unpaired) electrons. The first kappa shape index (κ1) is 32.2. The van der Waals surface area contributed by atoms with Crippen LogP contribution in [0.2, 0.25) is 0 Å². The van der Waals surface area contributed by atoms with E-state index in [9.17, 15) is 0 Å². The number of benzene rings is 9. The van der Waals surface area contributed by atoms with Gasteiger partial charge < -0.3 is 10.1 Å². The minimum Gasteiger partial charge on any atom is -0.457 e. The Hall–Kier alpha value is -7.23. The van der Waals surface area contributed by atoms with Gasteiger partial charge in [-0.1, -0.05) is 176 Å². The summed E-state index contributed by atoms with van der Waals surface area (Å²) in [6.07, 6.45) is -0.187. The number of rotatable bonds is 5. The van der Waals surface area contributed by atoms with Crippen molar-refractivity contribution < 1.29 is 4.74 Å². The van der Waals surface area contributed by atoms with Gasteiger partial charge in [-0.05, 0) is 85.3 Å². The van der Waals surface area contributed by atoms with Crippen molar-refractivity contribution in [3.63, 3.8) is 0 Å². The van der Waals surface area contributed by atoms with Crippen molar-refractivity contribution in [1.82, 2.24) is 5.32 Å². The normalized spacial score (nSPS) is 15.1. The monoisotopic (exact) mass is 716 g/mol. The predicted molar refractivity (Wildman–Crippen MR) is 227 cm³/mol. The highest BCUT2D eigenvalue weighted by atomic mass is 16.5. The largest absolute Gasteiger partial charge is 0.457 e. The molecule has 0 spiro atoms. The molecule has 9 aromatic carbocycles. The highest BCUT2D eigenvalue weighted by Crippen LogP contribution is 2.58. The van der Waals surface area contributed by atoms with Crippen LogP contribution < -0.4 is 20.6 Å². The van der Waals surface area contributed by atoms with Crippen LogP contribution in [0.15, 0.2) is 211 Å². The van der Waals surface area contributed by atoms with E-state index >= 15 is 0 Å². The zero-order valence-corrected chi connectivity index (χ0v) is 30.6. The third-order valence-corrected chi connectivity index (χ3v) is 11.6. The Kier molecular flexibility index (Phi) is 7.46. The smallest absolute Gasteiger partial charge is 0.145 e. The molecule has 56 heavy (non-hydrogen) atoms. The quantitative estimate of drug-likeness (QED) is 0.192. The molecular formula is C53H36N2O. The Morgan fingerprint density at radius 3 is 1.79 bits per heavy atom. The molecule has 1 unspecified atom stereocenters. The van der Waals surface area contributed by atoms with Gasteiger partial charge in [-0.2, -0.15) is 0 Å². The lowest BCUT2D eigenvalue weighted by Gasteiger charge is -2.43. The molecule has 3 heteroatoms. The maximum absolute atomic E-state index is 6.88. The summed E-state index contributed by atoms with van der Waals surface area (Å²) < 4.78 is 6.88. The van der Waals surface area contributed by atoms with Gasteiger partial charge in [0.25, 0.3) is 0 Å². The van der Waals surface area contributed by atoms with Gasteiger partial charge in [0.05, 0.1) is 16.5 Å². The lowest BCUT2D eigenvalue weighted by Crippen LogP contribution is -2.39. The SMILES string of the molecule is c1ccc(C2N=c3ccccc3=C(c3cccc(-c4ccc5c(c4)C(c4cccc6ccccc46)(c4cccc6ccccc46)c4ccccc4O5)c3)N2)cc1.